The third-order valence-electron chi connectivity index (χ3n) is 10.4. The van der Waals surface area contributed by atoms with Gasteiger partial charge < -0.3 is 25.0 Å². The first-order chi connectivity index (χ1) is 18.6. The summed E-state index contributed by atoms with van der Waals surface area (Å²) in [5.74, 6) is 0.942. The highest BCUT2D eigenvalue weighted by molar-refractivity contribution is 5.74. The topological polar surface area (TPSA) is 81.3 Å². The summed E-state index contributed by atoms with van der Waals surface area (Å²) in [5, 5.41) is 11.8. The van der Waals surface area contributed by atoms with Gasteiger partial charge in [0.15, 0.2) is 0 Å². The molecule has 3 heterocycles. The molecule has 5 fully saturated rings. The number of hydrogen-bond acceptors (Lipinski definition) is 8. The van der Waals surface area contributed by atoms with Crippen LogP contribution in [0.25, 0.3) is 0 Å². The van der Waals surface area contributed by atoms with Gasteiger partial charge in [-0.3, -0.25) is 19.9 Å². The molecule has 218 valence electrons. The van der Waals surface area contributed by atoms with Crippen LogP contribution in [0.3, 0.4) is 0 Å². The molecule has 3 saturated heterocycles. The van der Waals surface area contributed by atoms with Crippen molar-refractivity contribution in [3.05, 3.63) is 0 Å². The van der Waals surface area contributed by atoms with Crippen molar-refractivity contribution in [1.82, 2.24) is 30.7 Å². The Balaban J connectivity index is 1.09. The monoisotopic (exact) mass is 534 g/mol. The van der Waals surface area contributed by atoms with E-state index in [4.69, 9.17) is 9.47 Å². The summed E-state index contributed by atoms with van der Waals surface area (Å²) in [5.41, 5.74) is 0. The number of methoxy groups -OCH3 is 2. The van der Waals surface area contributed by atoms with E-state index in [1.54, 1.807) is 14.0 Å². The molecule has 8 unspecified atom stereocenters. The Morgan fingerprint density at radius 1 is 0.921 bits per heavy atom. The van der Waals surface area contributed by atoms with Crippen molar-refractivity contribution in [2.75, 3.05) is 66.6 Å². The first-order valence-electron chi connectivity index (χ1n) is 15.6. The number of likely N-dealkylation sites (tertiary alicyclic amines) is 1. The van der Waals surface area contributed by atoms with E-state index in [1.165, 1.54) is 38.5 Å². The lowest BCUT2D eigenvalue weighted by molar-refractivity contribution is -0.131. The van der Waals surface area contributed by atoms with Gasteiger partial charge in [-0.1, -0.05) is 6.42 Å². The molecule has 38 heavy (non-hydrogen) atoms. The minimum absolute atomic E-state index is 0.255. The molecule has 8 atom stereocenters. The Hall–Kier alpha value is -0.810. The standard InChI is InChI=1S/C29H54N6O3/c1-21(36)35-12-10-22-5-4-6-26(29(22)35)31-23-9-11-30-28(19-23)32-25-8-7-24(20-27(25)38-3)34-15-13-33(14-16-34)17-18-37-2/h22-32H,4-20H2,1-3H3. The Morgan fingerprint density at radius 3 is 2.53 bits per heavy atom. The quantitative estimate of drug-likeness (QED) is 0.408. The lowest BCUT2D eigenvalue weighted by Gasteiger charge is -2.46. The van der Waals surface area contributed by atoms with E-state index < -0.39 is 0 Å². The van der Waals surface area contributed by atoms with Gasteiger partial charge in [-0.25, -0.2) is 0 Å². The minimum atomic E-state index is 0.255. The van der Waals surface area contributed by atoms with Crippen molar-refractivity contribution in [1.29, 1.82) is 0 Å². The van der Waals surface area contributed by atoms with E-state index in [0.29, 0.717) is 42.3 Å². The Bertz CT molecular complexity index is 750. The van der Waals surface area contributed by atoms with E-state index in [0.717, 1.165) is 71.7 Å². The number of carbonyl (C=O) groups excluding carboxylic acids is 1. The van der Waals surface area contributed by atoms with Gasteiger partial charge in [-0.05, 0) is 63.8 Å². The average Bonchev–Trinajstić information content (AvgIpc) is 3.38. The molecular weight excluding hydrogens is 480 g/mol. The number of piperidine rings is 1. The molecule has 0 aromatic rings. The summed E-state index contributed by atoms with van der Waals surface area (Å²) in [7, 11) is 3.68. The smallest absolute Gasteiger partial charge is 0.219 e. The minimum Gasteiger partial charge on any atom is -0.383 e. The van der Waals surface area contributed by atoms with Crippen LogP contribution in [0.15, 0.2) is 0 Å². The van der Waals surface area contributed by atoms with Crippen molar-refractivity contribution in [2.24, 2.45) is 5.92 Å². The van der Waals surface area contributed by atoms with Crippen LogP contribution in [0.4, 0.5) is 0 Å². The van der Waals surface area contributed by atoms with Crippen LogP contribution in [0.2, 0.25) is 0 Å². The van der Waals surface area contributed by atoms with Crippen LogP contribution >= 0.6 is 0 Å². The fourth-order valence-electron chi connectivity index (χ4n) is 8.28. The van der Waals surface area contributed by atoms with Gasteiger partial charge in [0.1, 0.15) is 0 Å². The molecule has 5 rings (SSSR count). The first kappa shape index (κ1) is 28.7. The van der Waals surface area contributed by atoms with E-state index >= 15 is 0 Å². The van der Waals surface area contributed by atoms with Crippen molar-refractivity contribution in [2.45, 2.75) is 107 Å². The van der Waals surface area contributed by atoms with Crippen LogP contribution in [0, 0.1) is 5.92 Å². The number of piperazine rings is 1. The molecule has 0 aromatic carbocycles. The summed E-state index contributed by atoms with van der Waals surface area (Å²) in [6.07, 6.45) is 11.3. The predicted octanol–water partition coefficient (Wildman–Crippen LogP) is 1.23. The van der Waals surface area contributed by atoms with Gasteiger partial charge >= 0.3 is 0 Å². The SMILES string of the molecule is COCCN1CCN(C2CCC(NC3CC(NC4CCCC5CCN(C(C)=O)C54)CCN3)C(OC)C2)CC1. The molecule has 3 N–H and O–H groups in total. The zero-order chi connectivity index (χ0) is 26.5. The summed E-state index contributed by atoms with van der Waals surface area (Å²) < 4.78 is 11.3. The average molecular weight is 535 g/mol. The van der Waals surface area contributed by atoms with Crippen LogP contribution in [0.1, 0.15) is 64.7 Å². The number of amides is 1. The predicted molar refractivity (Wildman–Crippen MR) is 150 cm³/mol. The van der Waals surface area contributed by atoms with Gasteiger partial charge in [0.05, 0.1) is 18.9 Å². The van der Waals surface area contributed by atoms with Crippen LogP contribution in [-0.2, 0) is 14.3 Å². The van der Waals surface area contributed by atoms with Crippen molar-refractivity contribution in [3.63, 3.8) is 0 Å². The van der Waals surface area contributed by atoms with Gasteiger partial charge in [0.2, 0.25) is 5.91 Å². The van der Waals surface area contributed by atoms with Gasteiger partial charge in [-0.2, -0.15) is 0 Å². The molecule has 3 aliphatic heterocycles. The molecule has 0 radical (unpaired) electrons. The Morgan fingerprint density at radius 2 is 1.76 bits per heavy atom. The fraction of sp³-hybridized carbons (Fsp3) is 0.966. The summed E-state index contributed by atoms with van der Waals surface area (Å²) in [4.78, 5) is 19.7. The highest BCUT2D eigenvalue weighted by atomic mass is 16.5. The Kier molecular flexibility index (Phi) is 10.4. The molecule has 0 bridgehead atoms. The maximum Gasteiger partial charge on any atom is 0.219 e. The van der Waals surface area contributed by atoms with E-state index in [-0.39, 0.29) is 12.0 Å². The van der Waals surface area contributed by atoms with Gasteiger partial charge in [0, 0.05) is 90.6 Å². The molecule has 0 spiro atoms. The number of hydrogen-bond donors (Lipinski definition) is 3. The fourth-order valence-corrected chi connectivity index (χ4v) is 8.28. The lowest BCUT2D eigenvalue weighted by Crippen LogP contribution is -2.62. The summed E-state index contributed by atoms with van der Waals surface area (Å²) in [6, 6.07) is 2.38. The molecule has 1 amide bonds. The number of rotatable bonds is 9. The second kappa shape index (κ2) is 13.7. The zero-order valence-electron chi connectivity index (χ0n) is 24.2. The molecule has 9 nitrogen and oxygen atoms in total. The third-order valence-corrected chi connectivity index (χ3v) is 10.4. The van der Waals surface area contributed by atoms with Gasteiger partial charge in [0.25, 0.3) is 0 Å². The van der Waals surface area contributed by atoms with Crippen molar-refractivity contribution >= 4 is 5.91 Å². The largest absolute Gasteiger partial charge is 0.383 e. The maximum atomic E-state index is 12.3. The molecular formula is C29H54N6O3. The number of nitrogens with one attached hydrogen (secondary N) is 3. The third kappa shape index (κ3) is 6.90. The molecule has 0 aromatic heterocycles. The van der Waals surface area contributed by atoms with Crippen molar-refractivity contribution < 1.29 is 14.3 Å². The maximum absolute atomic E-state index is 12.3. The first-order valence-corrected chi connectivity index (χ1v) is 15.6. The molecule has 9 heteroatoms. The van der Waals surface area contributed by atoms with E-state index in [1.807, 2.05) is 7.11 Å². The lowest BCUT2D eigenvalue weighted by atomic mass is 9.80. The highest BCUT2D eigenvalue weighted by Gasteiger charge is 2.44. The van der Waals surface area contributed by atoms with Crippen LogP contribution in [-0.4, -0.2) is 130 Å². The number of carbonyl (C=O) groups is 1. The van der Waals surface area contributed by atoms with E-state index in [9.17, 15) is 4.79 Å². The second-order valence-electron chi connectivity index (χ2n) is 12.6. The number of ether oxygens (including phenoxy) is 2. The zero-order valence-corrected chi connectivity index (χ0v) is 24.2. The van der Waals surface area contributed by atoms with Gasteiger partial charge in [-0.15, -0.1) is 0 Å². The van der Waals surface area contributed by atoms with E-state index in [2.05, 4.69) is 30.7 Å². The summed E-state index contributed by atoms with van der Waals surface area (Å²) >= 11 is 0. The molecule has 2 aliphatic carbocycles. The van der Waals surface area contributed by atoms with Crippen molar-refractivity contribution in [3.8, 4) is 0 Å². The second-order valence-corrected chi connectivity index (χ2v) is 12.6. The highest BCUT2D eigenvalue weighted by Crippen LogP contribution is 2.37. The number of nitrogens with zero attached hydrogens (tertiary/aromatic N) is 3. The molecule has 5 aliphatic rings. The Labute approximate surface area is 230 Å². The van der Waals surface area contributed by atoms with Crippen LogP contribution in [0.5, 0.6) is 0 Å². The summed E-state index contributed by atoms with van der Waals surface area (Å²) in [6.45, 7) is 10.2. The normalized spacial score (nSPS) is 39.3. The number of fused-ring (bicyclic) bond motifs is 1. The van der Waals surface area contributed by atoms with Crippen LogP contribution < -0.4 is 16.0 Å². The molecule has 2 saturated carbocycles.